The summed E-state index contributed by atoms with van der Waals surface area (Å²) in [5, 5.41) is 0. The summed E-state index contributed by atoms with van der Waals surface area (Å²) in [5.41, 5.74) is 8.00. The van der Waals surface area contributed by atoms with Crippen molar-refractivity contribution in [2.45, 2.75) is 39.2 Å². The minimum absolute atomic E-state index is 0. The third-order valence-electron chi connectivity index (χ3n) is 4.28. The fourth-order valence-corrected chi connectivity index (χ4v) is 3.06. The molecule has 1 aromatic rings. The molecule has 1 aliphatic rings. The van der Waals surface area contributed by atoms with Crippen LogP contribution in [0, 0.1) is 6.92 Å². The first-order valence-corrected chi connectivity index (χ1v) is 7.84. The van der Waals surface area contributed by atoms with E-state index in [1.165, 1.54) is 11.3 Å². The van der Waals surface area contributed by atoms with Gasteiger partial charge in [0.05, 0.1) is 5.54 Å². The average Bonchev–Trinajstić information content (AvgIpc) is 2.47. The molecule has 1 atom stereocenters. The van der Waals surface area contributed by atoms with Gasteiger partial charge in [0.25, 0.3) is 0 Å². The molecule has 0 bridgehead atoms. The third kappa shape index (κ3) is 5.27. The molecule has 1 heterocycles. The Labute approximate surface area is 152 Å². The van der Waals surface area contributed by atoms with Gasteiger partial charge in [-0.25, -0.2) is 0 Å². The van der Waals surface area contributed by atoms with Gasteiger partial charge in [0.1, 0.15) is 0 Å². The van der Waals surface area contributed by atoms with E-state index in [0.717, 1.165) is 39.0 Å². The molecule has 2 N–H and O–H groups in total. The topological polar surface area (TPSA) is 49.6 Å². The number of amides is 1. The molecule has 0 saturated carbocycles. The first-order chi connectivity index (χ1) is 9.95. The molecule has 1 amide bonds. The lowest BCUT2D eigenvalue weighted by molar-refractivity contribution is -0.137. The molecule has 1 unspecified atom stereocenters. The third-order valence-corrected chi connectivity index (χ3v) is 4.28. The highest BCUT2D eigenvalue weighted by Gasteiger charge is 2.33. The van der Waals surface area contributed by atoms with Gasteiger partial charge in [-0.1, -0.05) is 31.5 Å². The van der Waals surface area contributed by atoms with Gasteiger partial charge >= 0.3 is 0 Å². The molecule has 0 aliphatic carbocycles. The molecular weight excluding hydrogens is 333 g/mol. The second kappa shape index (κ2) is 9.36. The van der Waals surface area contributed by atoms with Crippen LogP contribution in [0.4, 0.5) is 5.69 Å². The van der Waals surface area contributed by atoms with Gasteiger partial charge < -0.3 is 15.5 Å². The van der Waals surface area contributed by atoms with Crippen LogP contribution in [-0.4, -0.2) is 42.5 Å². The van der Waals surface area contributed by atoms with Gasteiger partial charge in [-0.05, 0) is 31.9 Å². The van der Waals surface area contributed by atoms with Crippen LogP contribution >= 0.6 is 24.8 Å². The normalized spacial score (nSPS) is 16.9. The van der Waals surface area contributed by atoms with Gasteiger partial charge in [-0.2, -0.15) is 0 Å². The largest absolute Gasteiger partial charge is 0.368 e. The second-order valence-electron chi connectivity index (χ2n) is 6.23. The van der Waals surface area contributed by atoms with E-state index in [1.807, 2.05) is 11.8 Å². The highest BCUT2D eigenvalue weighted by molar-refractivity contribution is 5.86. The van der Waals surface area contributed by atoms with Crippen LogP contribution in [-0.2, 0) is 4.79 Å². The maximum absolute atomic E-state index is 12.5. The van der Waals surface area contributed by atoms with Gasteiger partial charge in [0.15, 0.2) is 0 Å². The molecule has 132 valence electrons. The molecule has 1 aliphatic heterocycles. The number of para-hydroxylation sites is 1. The Bertz CT molecular complexity index is 500. The first-order valence-electron chi connectivity index (χ1n) is 7.84. The van der Waals surface area contributed by atoms with E-state index in [9.17, 15) is 4.79 Å². The lowest BCUT2D eigenvalue weighted by Gasteiger charge is -2.39. The standard InChI is InChI=1S/C17H27N3O.2ClH/c1-4-9-17(3,18)16(21)20-12-10-19(11-13-20)15-8-6-5-7-14(15)2;;/h5-8H,4,9-13,18H2,1-3H3;2*1H. The van der Waals surface area contributed by atoms with Crippen LogP contribution in [0.1, 0.15) is 32.3 Å². The van der Waals surface area contributed by atoms with Crippen LogP contribution < -0.4 is 10.6 Å². The van der Waals surface area contributed by atoms with Gasteiger partial charge in [0, 0.05) is 31.9 Å². The number of halogens is 2. The van der Waals surface area contributed by atoms with Crippen LogP contribution in [0.5, 0.6) is 0 Å². The molecule has 1 fully saturated rings. The minimum Gasteiger partial charge on any atom is -0.368 e. The molecule has 23 heavy (non-hydrogen) atoms. The number of benzene rings is 1. The van der Waals surface area contributed by atoms with E-state index in [2.05, 4.69) is 43.0 Å². The van der Waals surface area contributed by atoms with E-state index in [-0.39, 0.29) is 30.7 Å². The number of anilines is 1. The predicted octanol–water partition coefficient (Wildman–Crippen LogP) is 3.00. The van der Waals surface area contributed by atoms with Crippen LogP contribution in [0.25, 0.3) is 0 Å². The number of carbonyl (C=O) groups excluding carboxylic acids is 1. The van der Waals surface area contributed by atoms with Crippen molar-refractivity contribution < 1.29 is 4.79 Å². The second-order valence-corrected chi connectivity index (χ2v) is 6.23. The number of rotatable bonds is 4. The Morgan fingerprint density at radius 3 is 2.26 bits per heavy atom. The molecule has 2 rings (SSSR count). The summed E-state index contributed by atoms with van der Waals surface area (Å²) in [6.07, 6.45) is 1.67. The summed E-state index contributed by atoms with van der Waals surface area (Å²) in [7, 11) is 0. The van der Waals surface area contributed by atoms with Gasteiger partial charge in [-0.3, -0.25) is 4.79 Å². The number of aryl methyl sites for hydroxylation is 1. The number of nitrogens with zero attached hydrogens (tertiary/aromatic N) is 2. The SMILES string of the molecule is CCCC(C)(N)C(=O)N1CCN(c2ccccc2C)CC1.Cl.Cl. The molecule has 0 radical (unpaired) electrons. The summed E-state index contributed by atoms with van der Waals surface area (Å²) in [5.74, 6) is 0.0915. The monoisotopic (exact) mass is 361 g/mol. The van der Waals surface area contributed by atoms with Crippen LogP contribution in [0.15, 0.2) is 24.3 Å². The van der Waals surface area contributed by atoms with Gasteiger partial charge in [-0.15, -0.1) is 24.8 Å². The van der Waals surface area contributed by atoms with E-state index >= 15 is 0 Å². The van der Waals surface area contributed by atoms with Crippen molar-refractivity contribution in [3.05, 3.63) is 29.8 Å². The zero-order chi connectivity index (χ0) is 15.5. The summed E-state index contributed by atoms with van der Waals surface area (Å²) in [6, 6.07) is 8.41. The molecule has 6 heteroatoms. The number of nitrogens with two attached hydrogens (primary N) is 1. The Morgan fingerprint density at radius 2 is 1.74 bits per heavy atom. The Hall–Kier alpha value is -0.970. The van der Waals surface area contributed by atoms with E-state index < -0.39 is 5.54 Å². The molecule has 1 saturated heterocycles. The van der Waals surface area contributed by atoms with Crippen molar-refractivity contribution in [3.8, 4) is 0 Å². The quantitative estimate of drug-likeness (QED) is 0.896. The predicted molar refractivity (Wildman–Crippen MR) is 102 cm³/mol. The number of piperazine rings is 1. The molecular formula is C17H29Cl2N3O. The van der Waals surface area contributed by atoms with E-state index in [4.69, 9.17) is 5.73 Å². The minimum atomic E-state index is -0.723. The van der Waals surface area contributed by atoms with Crippen molar-refractivity contribution >= 4 is 36.4 Å². The zero-order valence-electron chi connectivity index (χ0n) is 14.2. The molecule has 0 spiro atoms. The first kappa shape index (κ1) is 22.0. The van der Waals surface area contributed by atoms with Gasteiger partial charge in [0.2, 0.25) is 5.91 Å². The van der Waals surface area contributed by atoms with Crippen molar-refractivity contribution in [1.29, 1.82) is 0 Å². The Kier molecular flexibility index (Phi) is 8.96. The Balaban J connectivity index is 0.00000242. The lowest BCUT2D eigenvalue weighted by atomic mass is 9.95. The maximum Gasteiger partial charge on any atom is 0.242 e. The number of hydrogen-bond acceptors (Lipinski definition) is 3. The van der Waals surface area contributed by atoms with Crippen molar-refractivity contribution in [1.82, 2.24) is 4.90 Å². The average molecular weight is 362 g/mol. The highest BCUT2D eigenvalue weighted by Crippen LogP contribution is 2.22. The molecule has 1 aromatic carbocycles. The van der Waals surface area contributed by atoms with Crippen LogP contribution in [0.3, 0.4) is 0 Å². The fraction of sp³-hybridized carbons (Fsp3) is 0.588. The van der Waals surface area contributed by atoms with Crippen molar-refractivity contribution in [3.63, 3.8) is 0 Å². The highest BCUT2D eigenvalue weighted by atomic mass is 35.5. The van der Waals surface area contributed by atoms with Crippen molar-refractivity contribution in [2.24, 2.45) is 5.73 Å². The van der Waals surface area contributed by atoms with Crippen LogP contribution in [0.2, 0.25) is 0 Å². The number of hydrogen-bond donors (Lipinski definition) is 1. The molecule has 0 aromatic heterocycles. The summed E-state index contributed by atoms with van der Waals surface area (Å²) < 4.78 is 0. The lowest BCUT2D eigenvalue weighted by Crippen LogP contribution is -2.58. The fourth-order valence-electron chi connectivity index (χ4n) is 3.06. The maximum atomic E-state index is 12.5. The van der Waals surface area contributed by atoms with E-state index in [0.29, 0.717) is 0 Å². The zero-order valence-corrected chi connectivity index (χ0v) is 15.9. The summed E-state index contributed by atoms with van der Waals surface area (Å²) in [4.78, 5) is 16.8. The Morgan fingerprint density at radius 1 is 1.17 bits per heavy atom. The molecule has 4 nitrogen and oxygen atoms in total. The summed E-state index contributed by atoms with van der Waals surface area (Å²) in [6.45, 7) is 9.30. The number of carbonyl (C=O) groups is 1. The van der Waals surface area contributed by atoms with Crippen molar-refractivity contribution in [2.75, 3.05) is 31.1 Å². The van der Waals surface area contributed by atoms with E-state index in [1.54, 1.807) is 0 Å². The summed E-state index contributed by atoms with van der Waals surface area (Å²) >= 11 is 0. The smallest absolute Gasteiger partial charge is 0.242 e.